The first-order valence-electron chi connectivity index (χ1n) is 4.17. The van der Waals surface area contributed by atoms with E-state index in [1.165, 1.54) is 24.3 Å². The van der Waals surface area contributed by atoms with Crippen LogP contribution in [0.2, 0.25) is 0 Å². The van der Waals surface area contributed by atoms with E-state index in [0.29, 0.717) is 11.3 Å². The lowest BCUT2D eigenvalue weighted by atomic mass is 10.3. The predicted octanol–water partition coefficient (Wildman–Crippen LogP) is 1.44. The molecule has 0 aliphatic heterocycles. The Morgan fingerprint density at radius 1 is 1.40 bits per heavy atom. The Morgan fingerprint density at radius 3 is 2.33 bits per heavy atom. The molecule has 0 spiro atoms. The van der Waals surface area contributed by atoms with Crippen molar-refractivity contribution in [1.82, 2.24) is 0 Å². The molecular formula is C10H10NO3S-. The summed E-state index contributed by atoms with van der Waals surface area (Å²) in [6, 6.07) is 5.87. The zero-order valence-electron chi connectivity index (χ0n) is 8.15. The molecule has 1 unspecified atom stereocenters. The Bertz CT molecular complexity index is 411. The van der Waals surface area contributed by atoms with Crippen molar-refractivity contribution >= 4 is 22.7 Å². The smallest absolute Gasteiger partial charge is 0.250 e. The van der Waals surface area contributed by atoms with Crippen LogP contribution in [0, 0.1) is 0 Å². The number of nitrogens with one attached hydrogen (secondary N) is 1. The maximum Gasteiger partial charge on any atom is 0.250 e. The second-order valence-electron chi connectivity index (χ2n) is 2.99. The fourth-order valence-corrected chi connectivity index (χ4v) is 1.25. The Morgan fingerprint density at radius 2 is 1.93 bits per heavy atom. The van der Waals surface area contributed by atoms with Gasteiger partial charge in [-0.05, 0) is 42.3 Å². The van der Waals surface area contributed by atoms with E-state index in [2.05, 4.69) is 11.9 Å². The van der Waals surface area contributed by atoms with Gasteiger partial charge in [0.05, 0.1) is 0 Å². The highest BCUT2D eigenvalue weighted by Gasteiger charge is 2.01. The van der Waals surface area contributed by atoms with E-state index in [-0.39, 0.29) is 10.8 Å². The zero-order chi connectivity index (χ0) is 11.4. The summed E-state index contributed by atoms with van der Waals surface area (Å²) in [5.41, 5.74) is 0.934. The summed E-state index contributed by atoms with van der Waals surface area (Å²) in [6.07, 6.45) is 0. The third-order valence-corrected chi connectivity index (χ3v) is 2.35. The van der Waals surface area contributed by atoms with Gasteiger partial charge in [-0.15, -0.1) is 0 Å². The summed E-state index contributed by atoms with van der Waals surface area (Å²) in [6.45, 7) is 5.08. The standard InChI is InChI=1S/C10H11NO3S/c1-7(2)10(12)11-8-3-5-9(6-4-8)15(13)14/h3-6H,1H2,2H3,(H,11,12)(H,13,14)/p-1. The summed E-state index contributed by atoms with van der Waals surface area (Å²) in [5.74, 6) is -0.286. The van der Waals surface area contributed by atoms with Gasteiger partial charge >= 0.3 is 0 Å². The number of hydrogen-bond acceptors (Lipinski definition) is 3. The first kappa shape index (κ1) is 11.6. The van der Waals surface area contributed by atoms with E-state index in [4.69, 9.17) is 0 Å². The number of carbonyl (C=O) groups is 1. The molecule has 0 saturated carbocycles. The molecule has 80 valence electrons. The molecule has 1 atom stereocenters. The Kier molecular flexibility index (Phi) is 3.76. The van der Waals surface area contributed by atoms with Gasteiger partial charge in [-0.25, -0.2) is 0 Å². The van der Waals surface area contributed by atoms with E-state index in [9.17, 15) is 13.6 Å². The number of rotatable bonds is 3. The first-order chi connectivity index (χ1) is 7.00. The molecule has 1 amide bonds. The molecule has 1 aromatic carbocycles. The fraction of sp³-hybridized carbons (Fsp3) is 0.100. The van der Waals surface area contributed by atoms with Gasteiger partial charge < -0.3 is 9.87 Å². The summed E-state index contributed by atoms with van der Waals surface area (Å²) < 4.78 is 21.1. The molecule has 0 radical (unpaired) electrons. The molecule has 15 heavy (non-hydrogen) atoms. The maximum absolute atomic E-state index is 11.2. The van der Waals surface area contributed by atoms with Crippen LogP contribution in [0.25, 0.3) is 0 Å². The summed E-state index contributed by atoms with van der Waals surface area (Å²) in [7, 11) is 0. The van der Waals surface area contributed by atoms with Crippen LogP contribution in [0.4, 0.5) is 5.69 Å². The van der Waals surface area contributed by atoms with Gasteiger partial charge in [-0.2, -0.15) is 0 Å². The lowest BCUT2D eigenvalue weighted by Gasteiger charge is -2.07. The van der Waals surface area contributed by atoms with Crippen molar-refractivity contribution in [3.05, 3.63) is 36.4 Å². The maximum atomic E-state index is 11.2. The van der Waals surface area contributed by atoms with Gasteiger partial charge in [0, 0.05) is 16.2 Å². The minimum atomic E-state index is -2.24. The van der Waals surface area contributed by atoms with Gasteiger partial charge in [0.2, 0.25) is 0 Å². The molecule has 1 rings (SSSR count). The molecular weight excluding hydrogens is 214 g/mol. The third-order valence-electron chi connectivity index (χ3n) is 1.69. The normalized spacial score (nSPS) is 11.9. The zero-order valence-corrected chi connectivity index (χ0v) is 8.97. The predicted molar refractivity (Wildman–Crippen MR) is 57.1 cm³/mol. The van der Waals surface area contributed by atoms with Gasteiger partial charge in [0.15, 0.2) is 0 Å². The highest BCUT2D eigenvalue weighted by Crippen LogP contribution is 2.12. The van der Waals surface area contributed by atoms with Crippen molar-refractivity contribution in [2.45, 2.75) is 11.8 Å². The van der Waals surface area contributed by atoms with Gasteiger partial charge in [-0.1, -0.05) is 6.58 Å². The molecule has 0 aliphatic carbocycles. The van der Waals surface area contributed by atoms with Crippen molar-refractivity contribution < 1.29 is 13.6 Å². The second-order valence-corrected chi connectivity index (χ2v) is 3.93. The number of anilines is 1. The van der Waals surface area contributed by atoms with Crippen LogP contribution in [-0.4, -0.2) is 14.7 Å². The third kappa shape index (κ3) is 3.30. The van der Waals surface area contributed by atoms with Crippen LogP contribution in [0.1, 0.15) is 6.92 Å². The number of hydrogen-bond donors (Lipinski definition) is 1. The highest BCUT2D eigenvalue weighted by molar-refractivity contribution is 7.79. The summed E-state index contributed by atoms with van der Waals surface area (Å²) in [4.78, 5) is 11.4. The van der Waals surface area contributed by atoms with E-state index < -0.39 is 11.1 Å². The molecule has 0 aliphatic rings. The lowest BCUT2D eigenvalue weighted by molar-refractivity contribution is -0.112. The molecule has 5 heteroatoms. The number of carbonyl (C=O) groups excluding carboxylic acids is 1. The summed E-state index contributed by atoms with van der Waals surface area (Å²) in [5, 5.41) is 2.57. The van der Waals surface area contributed by atoms with E-state index in [1.54, 1.807) is 6.92 Å². The molecule has 0 aromatic heterocycles. The Labute approximate surface area is 90.3 Å². The topological polar surface area (TPSA) is 69.2 Å². The average molecular weight is 224 g/mol. The molecule has 0 heterocycles. The van der Waals surface area contributed by atoms with Crippen LogP contribution in [0.5, 0.6) is 0 Å². The number of benzene rings is 1. The van der Waals surface area contributed by atoms with Crippen LogP contribution < -0.4 is 5.32 Å². The summed E-state index contributed by atoms with van der Waals surface area (Å²) >= 11 is -2.24. The highest BCUT2D eigenvalue weighted by atomic mass is 32.2. The molecule has 0 bridgehead atoms. The van der Waals surface area contributed by atoms with Crippen LogP contribution in [0.3, 0.4) is 0 Å². The van der Waals surface area contributed by atoms with Crippen LogP contribution in [0.15, 0.2) is 41.3 Å². The van der Waals surface area contributed by atoms with Crippen molar-refractivity contribution in [2.24, 2.45) is 0 Å². The quantitative estimate of drug-likeness (QED) is 0.624. The van der Waals surface area contributed by atoms with Crippen LogP contribution in [-0.2, 0) is 15.9 Å². The van der Waals surface area contributed by atoms with Crippen molar-refractivity contribution in [3.63, 3.8) is 0 Å². The van der Waals surface area contributed by atoms with E-state index in [0.717, 1.165) is 0 Å². The SMILES string of the molecule is C=C(C)C(=O)Nc1ccc(S(=O)[O-])cc1. The molecule has 1 aromatic rings. The Balaban J connectivity index is 2.77. The van der Waals surface area contributed by atoms with Crippen LogP contribution >= 0.6 is 0 Å². The van der Waals surface area contributed by atoms with Gasteiger partial charge in [-0.3, -0.25) is 9.00 Å². The van der Waals surface area contributed by atoms with E-state index >= 15 is 0 Å². The monoisotopic (exact) mass is 224 g/mol. The largest absolute Gasteiger partial charge is 0.768 e. The van der Waals surface area contributed by atoms with Crippen molar-refractivity contribution in [1.29, 1.82) is 0 Å². The second kappa shape index (κ2) is 4.86. The first-order valence-corrected chi connectivity index (χ1v) is 5.24. The van der Waals surface area contributed by atoms with Gasteiger partial charge in [0.25, 0.3) is 5.91 Å². The fourth-order valence-electron chi connectivity index (χ4n) is 0.887. The molecule has 4 nitrogen and oxygen atoms in total. The van der Waals surface area contributed by atoms with E-state index in [1.807, 2.05) is 0 Å². The molecule has 1 N–H and O–H groups in total. The number of amides is 1. The lowest BCUT2D eigenvalue weighted by Crippen LogP contribution is -2.11. The molecule has 0 fully saturated rings. The van der Waals surface area contributed by atoms with Gasteiger partial charge in [0.1, 0.15) is 0 Å². The molecule has 0 saturated heterocycles. The van der Waals surface area contributed by atoms with Crippen molar-refractivity contribution in [2.75, 3.05) is 5.32 Å². The Hall–Kier alpha value is -1.46. The minimum absolute atomic E-state index is 0.184. The van der Waals surface area contributed by atoms with Crippen molar-refractivity contribution in [3.8, 4) is 0 Å². The minimum Gasteiger partial charge on any atom is -0.768 e. The average Bonchev–Trinajstić information content (AvgIpc) is 2.18.